The van der Waals surface area contributed by atoms with Crippen LogP contribution in [0.1, 0.15) is 26.5 Å². The van der Waals surface area contributed by atoms with Crippen LogP contribution in [-0.2, 0) is 18.2 Å². The van der Waals surface area contributed by atoms with Gasteiger partial charge in [-0.1, -0.05) is 32.0 Å². The summed E-state index contributed by atoms with van der Waals surface area (Å²) in [5.41, 5.74) is 8.57. The molecule has 0 saturated carbocycles. The molecule has 2 atom stereocenters. The first-order valence-electron chi connectivity index (χ1n) is 7.32. The highest BCUT2D eigenvalue weighted by atomic mass is 16.5. The number of nitrogens with zero attached hydrogens (tertiary/aromatic N) is 2. The minimum atomic E-state index is -0.0340. The number of aryl methyl sites for hydroxylation is 1. The first-order valence-corrected chi connectivity index (χ1v) is 7.32. The van der Waals surface area contributed by atoms with Crippen molar-refractivity contribution in [3.8, 4) is 0 Å². The zero-order valence-corrected chi connectivity index (χ0v) is 12.8. The Hall–Kier alpha value is -1.39. The van der Waals surface area contributed by atoms with Gasteiger partial charge >= 0.3 is 0 Å². The molecule has 0 aliphatic heterocycles. The van der Waals surface area contributed by atoms with Crippen LogP contribution in [0.3, 0.4) is 0 Å². The molecule has 0 saturated heterocycles. The van der Waals surface area contributed by atoms with Gasteiger partial charge < -0.3 is 10.5 Å². The van der Waals surface area contributed by atoms with Crippen LogP contribution in [0.25, 0.3) is 10.9 Å². The summed E-state index contributed by atoms with van der Waals surface area (Å²) in [6.45, 7) is 7.01. The monoisotopic (exact) mass is 275 g/mol. The van der Waals surface area contributed by atoms with Crippen LogP contribution in [0.4, 0.5) is 0 Å². The highest BCUT2D eigenvalue weighted by Gasteiger charge is 2.23. The Kier molecular flexibility index (Phi) is 4.78. The van der Waals surface area contributed by atoms with Gasteiger partial charge in [0, 0.05) is 31.5 Å². The van der Waals surface area contributed by atoms with E-state index in [1.54, 1.807) is 0 Å². The lowest BCUT2D eigenvalue weighted by Gasteiger charge is -2.26. The van der Waals surface area contributed by atoms with E-state index in [1.807, 2.05) is 30.8 Å². The second kappa shape index (κ2) is 6.37. The largest absolute Gasteiger partial charge is 0.377 e. The van der Waals surface area contributed by atoms with Crippen LogP contribution in [0, 0.1) is 5.92 Å². The summed E-state index contributed by atoms with van der Waals surface area (Å²) in [5.74, 6) is 0.403. The molecular formula is C16H25N3O. The van der Waals surface area contributed by atoms with Crippen LogP contribution >= 0.6 is 0 Å². The quantitative estimate of drug-likeness (QED) is 0.881. The molecule has 20 heavy (non-hydrogen) atoms. The number of hydrogen-bond donors (Lipinski definition) is 1. The highest BCUT2D eigenvalue weighted by Crippen LogP contribution is 2.20. The zero-order chi connectivity index (χ0) is 14.7. The van der Waals surface area contributed by atoms with Gasteiger partial charge in [0.1, 0.15) is 0 Å². The van der Waals surface area contributed by atoms with E-state index >= 15 is 0 Å². The van der Waals surface area contributed by atoms with E-state index in [1.165, 1.54) is 5.39 Å². The van der Waals surface area contributed by atoms with Crippen molar-refractivity contribution in [3.63, 3.8) is 0 Å². The van der Waals surface area contributed by atoms with Crippen molar-refractivity contribution in [2.75, 3.05) is 6.61 Å². The fourth-order valence-electron chi connectivity index (χ4n) is 2.78. The Morgan fingerprint density at radius 1 is 1.30 bits per heavy atom. The number of fused-ring (bicyclic) bond motifs is 1. The molecule has 110 valence electrons. The van der Waals surface area contributed by atoms with Gasteiger partial charge in [-0.15, -0.1) is 0 Å². The van der Waals surface area contributed by atoms with Crippen LogP contribution in [-0.4, -0.2) is 28.5 Å². The third kappa shape index (κ3) is 3.02. The molecule has 1 aromatic heterocycles. The topological polar surface area (TPSA) is 53.1 Å². The maximum atomic E-state index is 6.36. The van der Waals surface area contributed by atoms with E-state index in [4.69, 9.17) is 10.5 Å². The van der Waals surface area contributed by atoms with Gasteiger partial charge in [0.25, 0.3) is 0 Å². The van der Waals surface area contributed by atoms with Crippen LogP contribution in [0.15, 0.2) is 24.3 Å². The average molecular weight is 275 g/mol. The van der Waals surface area contributed by atoms with E-state index in [0.717, 1.165) is 17.6 Å². The van der Waals surface area contributed by atoms with Gasteiger partial charge in [0.15, 0.2) is 0 Å². The third-order valence-electron chi connectivity index (χ3n) is 3.70. The molecule has 2 rings (SSSR count). The van der Waals surface area contributed by atoms with Gasteiger partial charge in [0.05, 0.1) is 17.3 Å². The lowest BCUT2D eigenvalue weighted by molar-refractivity contribution is 0.0126. The molecule has 0 bridgehead atoms. The van der Waals surface area contributed by atoms with E-state index in [-0.39, 0.29) is 12.1 Å². The van der Waals surface area contributed by atoms with E-state index in [2.05, 4.69) is 31.1 Å². The second-order valence-electron chi connectivity index (χ2n) is 5.62. The van der Waals surface area contributed by atoms with Crippen LogP contribution < -0.4 is 5.73 Å². The molecule has 0 aliphatic rings. The summed E-state index contributed by atoms with van der Waals surface area (Å²) in [7, 11) is 1.97. The third-order valence-corrected chi connectivity index (χ3v) is 3.70. The van der Waals surface area contributed by atoms with Gasteiger partial charge in [-0.05, 0) is 18.9 Å². The summed E-state index contributed by atoms with van der Waals surface area (Å²) in [6, 6.07) is 8.23. The number of rotatable bonds is 6. The molecule has 2 N–H and O–H groups in total. The highest BCUT2D eigenvalue weighted by molar-refractivity contribution is 5.81. The molecule has 4 heteroatoms. The van der Waals surface area contributed by atoms with E-state index in [9.17, 15) is 0 Å². The SMILES string of the molecule is CCOC(C(C)C)C(N)Cc1nn(C)c2ccccc12. The fourth-order valence-corrected chi connectivity index (χ4v) is 2.78. The molecule has 0 radical (unpaired) electrons. The predicted molar refractivity (Wildman–Crippen MR) is 82.6 cm³/mol. The Morgan fingerprint density at radius 3 is 2.65 bits per heavy atom. The molecule has 1 heterocycles. The minimum absolute atomic E-state index is 0.0340. The van der Waals surface area contributed by atoms with Crippen molar-refractivity contribution in [3.05, 3.63) is 30.0 Å². The smallest absolute Gasteiger partial charge is 0.0752 e. The fraction of sp³-hybridized carbons (Fsp3) is 0.562. The zero-order valence-electron chi connectivity index (χ0n) is 12.8. The number of para-hydroxylation sites is 1. The van der Waals surface area contributed by atoms with Gasteiger partial charge in [-0.2, -0.15) is 5.10 Å². The molecule has 2 aromatic rings. The molecule has 4 nitrogen and oxygen atoms in total. The first-order chi connectivity index (χ1) is 9.54. The Balaban J connectivity index is 2.23. The number of benzene rings is 1. The maximum absolute atomic E-state index is 6.36. The lowest BCUT2D eigenvalue weighted by atomic mass is 9.95. The van der Waals surface area contributed by atoms with Gasteiger partial charge in [-0.25, -0.2) is 0 Å². The van der Waals surface area contributed by atoms with Crippen molar-refractivity contribution >= 4 is 10.9 Å². The summed E-state index contributed by atoms with van der Waals surface area (Å²) < 4.78 is 7.72. The number of ether oxygens (including phenoxy) is 1. The summed E-state index contributed by atoms with van der Waals surface area (Å²) >= 11 is 0. The lowest BCUT2D eigenvalue weighted by Crippen LogP contribution is -2.42. The average Bonchev–Trinajstić information content (AvgIpc) is 2.73. The Labute approximate surface area is 120 Å². The van der Waals surface area contributed by atoms with Gasteiger partial charge in [0.2, 0.25) is 0 Å². The number of aromatic nitrogens is 2. The Morgan fingerprint density at radius 2 is 2.00 bits per heavy atom. The normalized spacial score (nSPS) is 14.9. The van der Waals surface area contributed by atoms with Crippen molar-refractivity contribution in [1.29, 1.82) is 0 Å². The van der Waals surface area contributed by atoms with Crippen molar-refractivity contribution in [1.82, 2.24) is 9.78 Å². The molecule has 1 aromatic carbocycles. The summed E-state index contributed by atoms with van der Waals surface area (Å²) in [5, 5.41) is 5.80. The van der Waals surface area contributed by atoms with Crippen molar-refractivity contribution in [2.24, 2.45) is 18.7 Å². The van der Waals surface area contributed by atoms with Crippen molar-refractivity contribution < 1.29 is 4.74 Å². The molecular weight excluding hydrogens is 250 g/mol. The number of hydrogen-bond acceptors (Lipinski definition) is 3. The van der Waals surface area contributed by atoms with E-state index < -0.39 is 0 Å². The predicted octanol–water partition coefficient (Wildman–Crippen LogP) is 2.50. The molecule has 0 spiro atoms. The minimum Gasteiger partial charge on any atom is -0.377 e. The van der Waals surface area contributed by atoms with Crippen LogP contribution in [0.5, 0.6) is 0 Å². The molecule has 0 aliphatic carbocycles. The van der Waals surface area contributed by atoms with Crippen LogP contribution in [0.2, 0.25) is 0 Å². The summed E-state index contributed by atoms with van der Waals surface area (Å²) in [4.78, 5) is 0. The molecule has 0 amide bonds. The first kappa shape index (κ1) is 15.0. The van der Waals surface area contributed by atoms with Gasteiger partial charge in [-0.3, -0.25) is 4.68 Å². The standard InChI is InChI=1S/C16H25N3O/c1-5-20-16(11(2)3)13(17)10-14-12-8-6-7-9-15(12)19(4)18-14/h6-9,11,13,16H,5,10,17H2,1-4H3. The maximum Gasteiger partial charge on any atom is 0.0752 e. The number of nitrogens with two attached hydrogens (primary N) is 1. The van der Waals surface area contributed by atoms with E-state index in [0.29, 0.717) is 12.5 Å². The second-order valence-corrected chi connectivity index (χ2v) is 5.62. The Bertz CT molecular complexity index is 562. The van der Waals surface area contributed by atoms with Crippen molar-refractivity contribution in [2.45, 2.75) is 39.3 Å². The molecule has 2 unspecified atom stereocenters. The summed E-state index contributed by atoms with van der Waals surface area (Å²) in [6.07, 6.45) is 0.810. The molecule has 0 fully saturated rings.